The van der Waals surface area contributed by atoms with E-state index in [1.165, 1.54) is 30.4 Å². The zero-order valence-electron chi connectivity index (χ0n) is 17.2. The minimum atomic E-state index is -3.77. The van der Waals surface area contributed by atoms with Gasteiger partial charge in [0.2, 0.25) is 5.91 Å². The molecule has 1 aromatic carbocycles. The maximum atomic E-state index is 12.7. The highest BCUT2D eigenvalue weighted by Crippen LogP contribution is 2.34. The van der Waals surface area contributed by atoms with Gasteiger partial charge in [-0.2, -0.15) is 0 Å². The number of hydrogen-bond donors (Lipinski definition) is 4. The van der Waals surface area contributed by atoms with Gasteiger partial charge in [0.05, 0.1) is 33.0 Å². The second-order valence-corrected chi connectivity index (χ2v) is 9.65. The molecule has 3 aromatic rings. The number of anilines is 2. The number of carbonyl (C=O) groups excluding carboxylic acids is 1. The summed E-state index contributed by atoms with van der Waals surface area (Å²) in [7, 11) is -3.77. The standard InChI is InChI=1S/C20H23N5O4S2/c1-11-16(25-31(28,29)15-7-5-4-6-8-15)9-14(10-22-11)18-12(2)23-20(30-18)24-19(27)17(21)13(3)26/h4-10,13,17,25-26H,21H2,1-3H3,(H,23,24,27)/t13-,17+/m1/s1. The minimum absolute atomic E-state index is 0.147. The average molecular weight is 462 g/mol. The number of nitrogens with one attached hydrogen (secondary N) is 2. The molecule has 0 aliphatic carbocycles. The monoisotopic (exact) mass is 461 g/mol. The molecule has 5 N–H and O–H groups in total. The number of benzene rings is 1. The van der Waals surface area contributed by atoms with E-state index in [9.17, 15) is 18.3 Å². The third kappa shape index (κ3) is 5.25. The molecule has 9 nitrogen and oxygen atoms in total. The molecule has 2 atom stereocenters. The summed E-state index contributed by atoms with van der Waals surface area (Å²) in [4.78, 5) is 21.6. The zero-order valence-corrected chi connectivity index (χ0v) is 18.8. The van der Waals surface area contributed by atoms with Gasteiger partial charge in [0.15, 0.2) is 5.13 Å². The maximum absolute atomic E-state index is 12.7. The molecule has 0 saturated heterocycles. The Kier molecular flexibility index (Phi) is 6.70. The van der Waals surface area contributed by atoms with Crippen LogP contribution in [0.2, 0.25) is 0 Å². The number of rotatable bonds is 7. The van der Waals surface area contributed by atoms with Gasteiger partial charge in [0.25, 0.3) is 10.0 Å². The number of aromatic nitrogens is 2. The molecule has 0 spiro atoms. The molecule has 164 valence electrons. The van der Waals surface area contributed by atoms with Crippen LogP contribution in [0.3, 0.4) is 0 Å². The van der Waals surface area contributed by atoms with E-state index in [0.29, 0.717) is 32.6 Å². The number of nitrogens with zero attached hydrogens (tertiary/aromatic N) is 2. The minimum Gasteiger partial charge on any atom is -0.391 e. The average Bonchev–Trinajstić information content (AvgIpc) is 3.09. The van der Waals surface area contributed by atoms with Crippen LogP contribution in [0.15, 0.2) is 47.5 Å². The van der Waals surface area contributed by atoms with Crippen LogP contribution < -0.4 is 15.8 Å². The quantitative estimate of drug-likeness (QED) is 0.422. The van der Waals surface area contributed by atoms with Gasteiger partial charge in [-0.3, -0.25) is 14.5 Å². The van der Waals surface area contributed by atoms with E-state index in [0.717, 1.165) is 0 Å². The van der Waals surface area contributed by atoms with Gasteiger partial charge >= 0.3 is 0 Å². The fraction of sp³-hybridized carbons (Fsp3) is 0.250. The summed E-state index contributed by atoms with van der Waals surface area (Å²) in [5.41, 5.74) is 7.78. The molecule has 0 radical (unpaired) electrons. The Labute approximate surface area is 184 Å². The Balaban J connectivity index is 1.88. The van der Waals surface area contributed by atoms with Crippen LogP contribution in [0.1, 0.15) is 18.3 Å². The second-order valence-electron chi connectivity index (χ2n) is 6.96. The summed E-state index contributed by atoms with van der Waals surface area (Å²) >= 11 is 1.20. The predicted molar refractivity (Wildman–Crippen MR) is 120 cm³/mol. The maximum Gasteiger partial charge on any atom is 0.261 e. The van der Waals surface area contributed by atoms with Crippen molar-refractivity contribution in [1.82, 2.24) is 9.97 Å². The number of aliphatic hydroxyl groups is 1. The van der Waals surface area contributed by atoms with E-state index in [1.54, 1.807) is 44.3 Å². The number of carbonyl (C=O) groups is 1. The highest BCUT2D eigenvalue weighted by molar-refractivity contribution is 7.92. The van der Waals surface area contributed by atoms with Gasteiger partial charge < -0.3 is 16.2 Å². The SMILES string of the molecule is Cc1ncc(-c2sc(NC(=O)[C@@H](N)[C@@H](C)O)nc2C)cc1NS(=O)(=O)c1ccccc1. The fourth-order valence-electron chi connectivity index (χ4n) is 2.69. The molecular weight excluding hydrogens is 438 g/mol. The van der Waals surface area contributed by atoms with Crippen LogP contribution in [0.5, 0.6) is 0 Å². The molecule has 1 amide bonds. The Bertz CT molecular complexity index is 1190. The van der Waals surface area contributed by atoms with Crippen molar-refractivity contribution in [3.8, 4) is 10.4 Å². The van der Waals surface area contributed by atoms with E-state index >= 15 is 0 Å². The molecule has 11 heteroatoms. The van der Waals surface area contributed by atoms with Gasteiger partial charge in [-0.15, -0.1) is 0 Å². The molecule has 0 aliphatic rings. The molecule has 2 aromatic heterocycles. The van der Waals surface area contributed by atoms with Crippen molar-refractivity contribution >= 4 is 38.1 Å². The number of pyridine rings is 1. The third-order valence-corrected chi connectivity index (χ3v) is 7.00. The Morgan fingerprint density at radius 1 is 1.19 bits per heavy atom. The molecule has 0 bridgehead atoms. The van der Waals surface area contributed by atoms with E-state index in [2.05, 4.69) is 20.0 Å². The summed E-state index contributed by atoms with van der Waals surface area (Å²) in [5, 5.41) is 12.4. The van der Waals surface area contributed by atoms with Gasteiger partial charge in [0.1, 0.15) is 6.04 Å². The van der Waals surface area contributed by atoms with Crippen LogP contribution in [-0.2, 0) is 14.8 Å². The Hall–Kier alpha value is -2.86. The number of thiazole rings is 1. The number of aliphatic hydroxyl groups excluding tert-OH is 1. The molecule has 0 fully saturated rings. The van der Waals surface area contributed by atoms with E-state index < -0.39 is 28.1 Å². The van der Waals surface area contributed by atoms with Crippen molar-refractivity contribution in [2.45, 2.75) is 37.8 Å². The topological polar surface area (TPSA) is 147 Å². The van der Waals surface area contributed by atoms with Crippen molar-refractivity contribution in [2.24, 2.45) is 5.73 Å². The molecule has 31 heavy (non-hydrogen) atoms. The van der Waals surface area contributed by atoms with Crippen LogP contribution in [0.25, 0.3) is 10.4 Å². The Morgan fingerprint density at radius 3 is 2.52 bits per heavy atom. The predicted octanol–water partition coefficient (Wildman–Crippen LogP) is 2.27. The van der Waals surface area contributed by atoms with Crippen LogP contribution in [0.4, 0.5) is 10.8 Å². The summed E-state index contributed by atoms with van der Waals surface area (Å²) in [5.74, 6) is -0.548. The van der Waals surface area contributed by atoms with E-state index in [4.69, 9.17) is 5.73 Å². The lowest BCUT2D eigenvalue weighted by Crippen LogP contribution is -2.43. The summed E-state index contributed by atoms with van der Waals surface area (Å²) < 4.78 is 27.9. The van der Waals surface area contributed by atoms with Crippen LogP contribution in [-0.4, -0.2) is 41.5 Å². The Morgan fingerprint density at radius 2 is 1.87 bits per heavy atom. The van der Waals surface area contributed by atoms with Crippen molar-refractivity contribution in [3.05, 3.63) is 54.0 Å². The lowest BCUT2D eigenvalue weighted by Gasteiger charge is -2.12. The van der Waals surface area contributed by atoms with Crippen molar-refractivity contribution < 1.29 is 18.3 Å². The molecule has 3 rings (SSSR count). The first kappa shape index (κ1) is 22.8. The normalized spacial score (nSPS) is 13.5. The lowest BCUT2D eigenvalue weighted by atomic mass is 10.2. The van der Waals surface area contributed by atoms with Crippen LogP contribution in [0, 0.1) is 13.8 Å². The summed E-state index contributed by atoms with van der Waals surface area (Å²) in [6.07, 6.45) is 0.616. The summed E-state index contributed by atoms with van der Waals surface area (Å²) in [6.45, 7) is 4.90. The van der Waals surface area contributed by atoms with Crippen molar-refractivity contribution in [1.29, 1.82) is 0 Å². The first-order valence-electron chi connectivity index (χ1n) is 9.35. The number of nitrogens with two attached hydrogens (primary N) is 1. The first-order chi connectivity index (χ1) is 14.6. The number of hydrogen-bond acceptors (Lipinski definition) is 8. The second kappa shape index (κ2) is 9.10. The van der Waals surface area contributed by atoms with E-state index in [1.807, 2.05) is 0 Å². The van der Waals surface area contributed by atoms with E-state index in [-0.39, 0.29) is 4.90 Å². The van der Waals surface area contributed by atoms with Crippen molar-refractivity contribution in [2.75, 3.05) is 10.0 Å². The molecule has 2 heterocycles. The highest BCUT2D eigenvalue weighted by atomic mass is 32.2. The van der Waals surface area contributed by atoms with Crippen LogP contribution >= 0.6 is 11.3 Å². The number of sulfonamides is 1. The molecule has 0 aliphatic heterocycles. The zero-order chi connectivity index (χ0) is 22.8. The van der Waals surface area contributed by atoms with Crippen molar-refractivity contribution in [3.63, 3.8) is 0 Å². The number of aryl methyl sites for hydroxylation is 2. The largest absolute Gasteiger partial charge is 0.391 e. The molecule has 0 unspecified atom stereocenters. The number of amides is 1. The molecule has 0 saturated carbocycles. The van der Waals surface area contributed by atoms with Gasteiger partial charge in [-0.25, -0.2) is 13.4 Å². The van der Waals surface area contributed by atoms with Gasteiger partial charge in [-0.1, -0.05) is 29.5 Å². The summed E-state index contributed by atoms with van der Waals surface area (Å²) in [6, 6.07) is 8.66. The third-order valence-electron chi connectivity index (χ3n) is 4.50. The van der Waals surface area contributed by atoms with Gasteiger partial charge in [-0.05, 0) is 39.0 Å². The van der Waals surface area contributed by atoms with Gasteiger partial charge in [0, 0.05) is 11.8 Å². The smallest absolute Gasteiger partial charge is 0.261 e. The molecular formula is C20H23N5O4S2. The highest BCUT2D eigenvalue weighted by Gasteiger charge is 2.21. The first-order valence-corrected chi connectivity index (χ1v) is 11.7. The fourth-order valence-corrected chi connectivity index (χ4v) is 4.77. The lowest BCUT2D eigenvalue weighted by molar-refractivity contribution is -0.119.